The summed E-state index contributed by atoms with van der Waals surface area (Å²) in [5.41, 5.74) is 0.423. The molecule has 0 heterocycles. The number of aliphatic carboxylic acids is 1. The molecule has 0 aliphatic heterocycles. The van der Waals surface area contributed by atoms with E-state index >= 15 is 0 Å². The van der Waals surface area contributed by atoms with Crippen LogP contribution >= 0.6 is 0 Å². The number of benzene rings is 1. The molecule has 1 amide bonds. The second-order valence-electron chi connectivity index (χ2n) is 3.99. The summed E-state index contributed by atoms with van der Waals surface area (Å²) in [5, 5.41) is 20.2. The third-order valence-corrected chi connectivity index (χ3v) is 2.46. The van der Waals surface area contributed by atoms with Crippen LogP contribution in [0.15, 0.2) is 18.2 Å². The van der Waals surface area contributed by atoms with E-state index in [0.717, 1.165) is 6.07 Å². The van der Waals surface area contributed by atoms with Crippen molar-refractivity contribution in [2.75, 3.05) is 0 Å². The molecule has 6 heteroatoms. The lowest BCUT2D eigenvalue weighted by atomic mass is 10.1. The Labute approximate surface area is 103 Å². The van der Waals surface area contributed by atoms with Crippen LogP contribution in [0.4, 0.5) is 4.39 Å². The van der Waals surface area contributed by atoms with Crippen LogP contribution in [0, 0.1) is 12.7 Å². The van der Waals surface area contributed by atoms with E-state index in [9.17, 15) is 19.1 Å². The maximum Gasteiger partial charge on any atom is 0.328 e. The van der Waals surface area contributed by atoms with Crippen LogP contribution in [-0.2, 0) is 4.79 Å². The number of carbonyl (C=O) groups is 2. The van der Waals surface area contributed by atoms with E-state index in [2.05, 4.69) is 5.32 Å². The van der Waals surface area contributed by atoms with Crippen LogP contribution in [0.25, 0.3) is 0 Å². The normalized spacial score (nSPS) is 13.8. The number of hydrogen-bond donors (Lipinski definition) is 3. The molecule has 18 heavy (non-hydrogen) atoms. The maximum atomic E-state index is 13.0. The molecule has 1 rings (SSSR count). The molecule has 0 saturated carbocycles. The van der Waals surface area contributed by atoms with Crippen LogP contribution in [-0.4, -0.2) is 34.2 Å². The fraction of sp³-hybridized carbons (Fsp3) is 0.333. The first-order valence-electron chi connectivity index (χ1n) is 5.31. The van der Waals surface area contributed by atoms with Gasteiger partial charge in [-0.3, -0.25) is 4.79 Å². The minimum atomic E-state index is -1.40. The molecule has 98 valence electrons. The average Bonchev–Trinajstić information content (AvgIpc) is 2.28. The number of halogens is 1. The first-order valence-corrected chi connectivity index (χ1v) is 5.31. The highest BCUT2D eigenvalue weighted by molar-refractivity contribution is 5.96. The minimum Gasteiger partial charge on any atom is -0.480 e. The highest BCUT2D eigenvalue weighted by atomic mass is 19.1. The first kappa shape index (κ1) is 14.1. The summed E-state index contributed by atoms with van der Waals surface area (Å²) in [6.07, 6.45) is -1.23. The summed E-state index contributed by atoms with van der Waals surface area (Å²) in [6, 6.07) is 2.29. The molecule has 0 aromatic heterocycles. The lowest BCUT2D eigenvalue weighted by Crippen LogP contribution is -2.47. The number of amides is 1. The summed E-state index contributed by atoms with van der Waals surface area (Å²) >= 11 is 0. The Hall–Kier alpha value is -1.95. The van der Waals surface area contributed by atoms with Gasteiger partial charge in [0.25, 0.3) is 5.91 Å². The molecule has 2 atom stereocenters. The van der Waals surface area contributed by atoms with Gasteiger partial charge in [-0.15, -0.1) is 0 Å². The molecule has 0 spiro atoms. The standard InChI is InChI=1S/C12H14FNO4/c1-6-5-8(3-4-9(6)13)11(16)14-10(7(2)15)12(17)18/h3-5,7,10,15H,1-2H3,(H,14,16)(H,17,18). The molecular formula is C12H14FNO4. The molecule has 0 aliphatic carbocycles. The van der Waals surface area contributed by atoms with Gasteiger partial charge in [0.05, 0.1) is 6.10 Å². The summed E-state index contributed by atoms with van der Waals surface area (Å²) in [4.78, 5) is 22.5. The third-order valence-electron chi connectivity index (χ3n) is 2.46. The van der Waals surface area contributed by atoms with Gasteiger partial charge in [0.2, 0.25) is 0 Å². The molecule has 0 saturated heterocycles. The van der Waals surface area contributed by atoms with Crippen LogP contribution in [0.3, 0.4) is 0 Å². The molecule has 5 nitrogen and oxygen atoms in total. The molecule has 0 bridgehead atoms. The van der Waals surface area contributed by atoms with Crippen molar-refractivity contribution in [1.29, 1.82) is 0 Å². The molecule has 1 aromatic rings. The number of aryl methyl sites for hydroxylation is 1. The van der Waals surface area contributed by atoms with Crippen molar-refractivity contribution < 1.29 is 24.2 Å². The quantitative estimate of drug-likeness (QED) is 0.739. The van der Waals surface area contributed by atoms with Gasteiger partial charge in [-0.05, 0) is 37.6 Å². The smallest absolute Gasteiger partial charge is 0.328 e. The van der Waals surface area contributed by atoms with E-state index in [1.807, 2.05) is 0 Å². The van der Waals surface area contributed by atoms with E-state index in [1.54, 1.807) is 0 Å². The largest absolute Gasteiger partial charge is 0.480 e. The Kier molecular flexibility index (Phi) is 4.38. The molecule has 3 N–H and O–H groups in total. The van der Waals surface area contributed by atoms with Gasteiger partial charge in [0, 0.05) is 5.56 Å². The lowest BCUT2D eigenvalue weighted by Gasteiger charge is -2.17. The zero-order valence-electron chi connectivity index (χ0n) is 9.98. The predicted molar refractivity (Wildman–Crippen MR) is 61.7 cm³/mol. The maximum absolute atomic E-state index is 13.0. The van der Waals surface area contributed by atoms with Gasteiger partial charge in [0.15, 0.2) is 6.04 Å². The van der Waals surface area contributed by atoms with Gasteiger partial charge in [-0.25, -0.2) is 9.18 Å². The van der Waals surface area contributed by atoms with Gasteiger partial charge >= 0.3 is 5.97 Å². The minimum absolute atomic E-state index is 0.140. The van der Waals surface area contributed by atoms with E-state index in [4.69, 9.17) is 5.11 Å². The zero-order chi connectivity index (χ0) is 13.9. The van der Waals surface area contributed by atoms with Crippen molar-refractivity contribution in [3.05, 3.63) is 35.1 Å². The number of hydrogen-bond acceptors (Lipinski definition) is 3. The number of carboxylic acid groups (broad SMARTS) is 1. The SMILES string of the molecule is Cc1cc(C(=O)NC(C(=O)O)C(C)O)ccc1F. The second kappa shape index (κ2) is 5.59. The van der Waals surface area contributed by atoms with E-state index in [-0.39, 0.29) is 11.1 Å². The predicted octanol–water partition coefficient (Wildman–Crippen LogP) is 0.698. The Morgan fingerprint density at radius 3 is 2.44 bits per heavy atom. The molecule has 0 fully saturated rings. The summed E-state index contributed by atoms with van der Waals surface area (Å²) in [7, 11) is 0. The number of carbonyl (C=O) groups excluding carboxylic acids is 1. The lowest BCUT2D eigenvalue weighted by molar-refractivity contribution is -0.141. The van der Waals surface area contributed by atoms with Gasteiger partial charge in [-0.1, -0.05) is 0 Å². The molecule has 0 aliphatic rings. The molecule has 0 radical (unpaired) electrons. The van der Waals surface area contributed by atoms with Crippen LogP contribution in [0.1, 0.15) is 22.8 Å². The van der Waals surface area contributed by atoms with Gasteiger partial charge < -0.3 is 15.5 Å². The van der Waals surface area contributed by atoms with Crippen LogP contribution in [0.5, 0.6) is 0 Å². The van der Waals surface area contributed by atoms with Crippen LogP contribution in [0.2, 0.25) is 0 Å². The summed E-state index contributed by atoms with van der Waals surface area (Å²) in [6.45, 7) is 2.75. The summed E-state index contributed by atoms with van der Waals surface area (Å²) in [5.74, 6) is -2.46. The number of nitrogens with one attached hydrogen (secondary N) is 1. The number of aliphatic hydroxyl groups excluding tert-OH is 1. The highest BCUT2D eigenvalue weighted by Crippen LogP contribution is 2.09. The highest BCUT2D eigenvalue weighted by Gasteiger charge is 2.25. The fourth-order valence-corrected chi connectivity index (χ4v) is 1.40. The molecule has 1 aromatic carbocycles. The average molecular weight is 255 g/mol. The van der Waals surface area contributed by atoms with Crippen molar-refractivity contribution in [2.24, 2.45) is 0 Å². The van der Waals surface area contributed by atoms with Crippen molar-refractivity contribution in [1.82, 2.24) is 5.32 Å². The van der Waals surface area contributed by atoms with E-state index in [1.165, 1.54) is 26.0 Å². The van der Waals surface area contributed by atoms with E-state index in [0.29, 0.717) is 0 Å². The summed E-state index contributed by atoms with van der Waals surface area (Å²) < 4.78 is 13.0. The molecular weight excluding hydrogens is 241 g/mol. The second-order valence-corrected chi connectivity index (χ2v) is 3.99. The third kappa shape index (κ3) is 3.27. The van der Waals surface area contributed by atoms with Crippen molar-refractivity contribution >= 4 is 11.9 Å². The van der Waals surface area contributed by atoms with Crippen molar-refractivity contribution in [3.63, 3.8) is 0 Å². The van der Waals surface area contributed by atoms with Gasteiger partial charge in [-0.2, -0.15) is 0 Å². The topological polar surface area (TPSA) is 86.6 Å². The Morgan fingerprint density at radius 1 is 1.39 bits per heavy atom. The van der Waals surface area contributed by atoms with Crippen molar-refractivity contribution in [3.8, 4) is 0 Å². The fourth-order valence-electron chi connectivity index (χ4n) is 1.40. The zero-order valence-corrected chi connectivity index (χ0v) is 9.98. The number of rotatable bonds is 4. The van der Waals surface area contributed by atoms with E-state index < -0.39 is 29.8 Å². The Morgan fingerprint density at radius 2 is 2.00 bits per heavy atom. The number of carboxylic acids is 1. The molecule has 2 unspecified atom stereocenters. The number of aliphatic hydroxyl groups is 1. The van der Waals surface area contributed by atoms with Crippen molar-refractivity contribution in [2.45, 2.75) is 26.0 Å². The monoisotopic (exact) mass is 255 g/mol. The Bertz CT molecular complexity index is 473. The van der Waals surface area contributed by atoms with Crippen LogP contribution < -0.4 is 5.32 Å². The van der Waals surface area contributed by atoms with Gasteiger partial charge in [0.1, 0.15) is 5.82 Å². The first-order chi connectivity index (χ1) is 8.32. The Balaban J connectivity index is 2.87.